The zero-order valence-corrected chi connectivity index (χ0v) is 16.1. The smallest absolute Gasteiger partial charge is 0.257 e. The minimum Gasteiger partial charge on any atom is -0.486 e. The maximum atomic E-state index is 12.6. The first kappa shape index (κ1) is 17.5. The van der Waals surface area contributed by atoms with Gasteiger partial charge in [-0.25, -0.2) is 0 Å². The van der Waals surface area contributed by atoms with Gasteiger partial charge in [0, 0.05) is 11.1 Å². The van der Waals surface area contributed by atoms with Crippen LogP contribution >= 0.6 is 11.3 Å². The van der Waals surface area contributed by atoms with Gasteiger partial charge < -0.3 is 9.47 Å². The number of carbonyl (C=O) groups excluding carboxylic acids is 1. The van der Waals surface area contributed by atoms with Crippen molar-refractivity contribution in [1.82, 2.24) is 10.2 Å². The van der Waals surface area contributed by atoms with Crippen LogP contribution in [0.3, 0.4) is 0 Å². The molecule has 138 valence electrons. The maximum Gasteiger partial charge on any atom is 0.257 e. The van der Waals surface area contributed by atoms with Crippen molar-refractivity contribution in [2.45, 2.75) is 20.8 Å². The Kier molecular flexibility index (Phi) is 4.53. The molecular formula is C20H19N3O3S. The van der Waals surface area contributed by atoms with Crippen molar-refractivity contribution in [3.8, 4) is 22.1 Å². The SMILES string of the molecule is Cc1cc(C)c(-c2nnc(NC(=O)c3ccc4c(c3)OCCO4)s2)c(C)c1. The first-order valence-corrected chi connectivity index (χ1v) is 9.45. The monoisotopic (exact) mass is 381 g/mol. The standard InChI is InChI=1S/C20H19N3O3S/c1-11-8-12(2)17(13(3)9-11)19-22-23-20(27-19)21-18(24)14-4-5-15-16(10-14)26-7-6-25-15/h4-5,8-10H,6-7H2,1-3H3,(H,21,23,24). The summed E-state index contributed by atoms with van der Waals surface area (Å²) < 4.78 is 11.0. The van der Waals surface area contributed by atoms with Crippen LogP contribution in [0.15, 0.2) is 30.3 Å². The van der Waals surface area contributed by atoms with Crippen molar-refractivity contribution in [3.05, 3.63) is 52.6 Å². The summed E-state index contributed by atoms with van der Waals surface area (Å²) in [6, 6.07) is 9.38. The third kappa shape index (κ3) is 3.50. The maximum absolute atomic E-state index is 12.6. The van der Waals surface area contributed by atoms with E-state index >= 15 is 0 Å². The largest absolute Gasteiger partial charge is 0.486 e. The van der Waals surface area contributed by atoms with E-state index in [9.17, 15) is 4.79 Å². The zero-order chi connectivity index (χ0) is 19.0. The van der Waals surface area contributed by atoms with E-state index in [0.717, 1.165) is 21.7 Å². The van der Waals surface area contributed by atoms with Crippen LogP contribution in [0.5, 0.6) is 11.5 Å². The number of amides is 1. The average Bonchev–Trinajstić information content (AvgIpc) is 3.08. The Morgan fingerprint density at radius 3 is 2.44 bits per heavy atom. The van der Waals surface area contributed by atoms with E-state index in [0.29, 0.717) is 35.4 Å². The molecule has 1 aliphatic heterocycles. The molecule has 1 aliphatic rings. The van der Waals surface area contributed by atoms with E-state index in [1.807, 2.05) is 0 Å². The minimum absolute atomic E-state index is 0.257. The molecule has 1 aromatic heterocycles. The molecule has 0 saturated carbocycles. The van der Waals surface area contributed by atoms with Gasteiger partial charge in [-0.15, -0.1) is 10.2 Å². The molecule has 2 aromatic carbocycles. The first-order chi connectivity index (χ1) is 13.0. The molecular weight excluding hydrogens is 362 g/mol. The predicted molar refractivity (Wildman–Crippen MR) is 105 cm³/mol. The Morgan fingerprint density at radius 2 is 1.70 bits per heavy atom. The van der Waals surface area contributed by atoms with E-state index in [2.05, 4.69) is 48.4 Å². The van der Waals surface area contributed by atoms with Gasteiger partial charge in [-0.2, -0.15) is 0 Å². The van der Waals surface area contributed by atoms with Crippen LogP contribution in [0.2, 0.25) is 0 Å². The van der Waals surface area contributed by atoms with Crippen LogP contribution in [0, 0.1) is 20.8 Å². The number of benzene rings is 2. The molecule has 0 atom stereocenters. The van der Waals surface area contributed by atoms with Gasteiger partial charge in [-0.1, -0.05) is 29.0 Å². The molecule has 3 aromatic rings. The van der Waals surface area contributed by atoms with Crippen molar-refractivity contribution in [1.29, 1.82) is 0 Å². The number of ether oxygens (including phenoxy) is 2. The normalized spacial score (nSPS) is 12.7. The van der Waals surface area contributed by atoms with Crippen LogP contribution in [0.4, 0.5) is 5.13 Å². The van der Waals surface area contributed by atoms with Crippen molar-refractivity contribution < 1.29 is 14.3 Å². The van der Waals surface area contributed by atoms with Crippen LogP contribution in [0.25, 0.3) is 10.6 Å². The number of fused-ring (bicyclic) bond motifs is 1. The average molecular weight is 381 g/mol. The quantitative estimate of drug-likeness (QED) is 0.738. The molecule has 4 rings (SSSR count). The molecule has 0 unspecified atom stereocenters. The molecule has 0 aliphatic carbocycles. The Balaban J connectivity index is 1.55. The van der Waals surface area contributed by atoms with Gasteiger partial charge in [0.2, 0.25) is 5.13 Å². The number of aryl methyl sites for hydroxylation is 3. The van der Waals surface area contributed by atoms with Crippen LogP contribution in [-0.4, -0.2) is 29.3 Å². The van der Waals surface area contributed by atoms with Crippen molar-refractivity contribution in [3.63, 3.8) is 0 Å². The lowest BCUT2D eigenvalue weighted by Gasteiger charge is -2.18. The van der Waals surface area contributed by atoms with Gasteiger partial charge in [0.25, 0.3) is 5.91 Å². The Labute approximate surface area is 161 Å². The zero-order valence-electron chi connectivity index (χ0n) is 15.3. The molecule has 1 amide bonds. The lowest BCUT2D eigenvalue weighted by Crippen LogP contribution is -2.17. The van der Waals surface area contributed by atoms with E-state index in [-0.39, 0.29) is 5.91 Å². The number of hydrogen-bond acceptors (Lipinski definition) is 6. The second-order valence-electron chi connectivity index (χ2n) is 6.50. The molecule has 0 spiro atoms. The second kappa shape index (κ2) is 7.00. The molecule has 0 radical (unpaired) electrons. The van der Waals surface area contributed by atoms with Crippen LogP contribution in [-0.2, 0) is 0 Å². The summed E-state index contributed by atoms with van der Waals surface area (Å²) in [4.78, 5) is 12.6. The van der Waals surface area contributed by atoms with E-state index < -0.39 is 0 Å². The lowest BCUT2D eigenvalue weighted by molar-refractivity contribution is 0.102. The highest BCUT2D eigenvalue weighted by Crippen LogP contribution is 2.33. The van der Waals surface area contributed by atoms with E-state index in [1.165, 1.54) is 16.9 Å². The molecule has 0 saturated heterocycles. The van der Waals surface area contributed by atoms with Crippen LogP contribution in [0.1, 0.15) is 27.0 Å². The highest BCUT2D eigenvalue weighted by Gasteiger charge is 2.17. The summed E-state index contributed by atoms with van der Waals surface area (Å²) in [7, 11) is 0. The fraction of sp³-hybridized carbons (Fsp3) is 0.250. The van der Waals surface area contributed by atoms with Gasteiger partial charge in [-0.05, 0) is 50.1 Å². The predicted octanol–water partition coefficient (Wildman–Crippen LogP) is 4.15. The number of nitrogens with zero attached hydrogens (tertiary/aromatic N) is 2. The first-order valence-electron chi connectivity index (χ1n) is 8.64. The van der Waals surface area contributed by atoms with E-state index in [4.69, 9.17) is 9.47 Å². The fourth-order valence-electron chi connectivity index (χ4n) is 3.25. The molecule has 0 bridgehead atoms. The number of aromatic nitrogens is 2. The van der Waals surface area contributed by atoms with Crippen molar-refractivity contribution in [2.75, 3.05) is 18.5 Å². The van der Waals surface area contributed by atoms with Crippen molar-refractivity contribution in [2.24, 2.45) is 0 Å². The Morgan fingerprint density at radius 1 is 1.00 bits per heavy atom. The third-order valence-corrected chi connectivity index (χ3v) is 5.20. The number of nitrogens with one attached hydrogen (secondary N) is 1. The van der Waals surface area contributed by atoms with E-state index in [1.54, 1.807) is 18.2 Å². The summed E-state index contributed by atoms with van der Waals surface area (Å²) in [5.41, 5.74) is 5.06. The van der Waals surface area contributed by atoms with Gasteiger partial charge in [0.1, 0.15) is 18.2 Å². The fourth-order valence-corrected chi connectivity index (χ4v) is 4.16. The van der Waals surface area contributed by atoms with Gasteiger partial charge >= 0.3 is 0 Å². The van der Waals surface area contributed by atoms with Gasteiger partial charge in [0.15, 0.2) is 11.5 Å². The highest BCUT2D eigenvalue weighted by molar-refractivity contribution is 7.18. The molecule has 0 fully saturated rings. The summed E-state index contributed by atoms with van der Waals surface area (Å²) >= 11 is 1.36. The highest BCUT2D eigenvalue weighted by atomic mass is 32.1. The van der Waals surface area contributed by atoms with Gasteiger partial charge in [-0.3, -0.25) is 10.1 Å². The topological polar surface area (TPSA) is 73.3 Å². The summed E-state index contributed by atoms with van der Waals surface area (Å²) in [5.74, 6) is 0.978. The number of carbonyl (C=O) groups is 1. The molecule has 2 heterocycles. The Hall–Kier alpha value is -2.93. The van der Waals surface area contributed by atoms with Gasteiger partial charge in [0.05, 0.1) is 0 Å². The number of anilines is 1. The summed E-state index contributed by atoms with van der Waals surface area (Å²) in [5, 5.41) is 12.5. The lowest BCUT2D eigenvalue weighted by atomic mass is 10.0. The minimum atomic E-state index is -0.257. The molecule has 6 nitrogen and oxygen atoms in total. The summed E-state index contributed by atoms with van der Waals surface area (Å²) in [6.45, 7) is 7.19. The molecule has 27 heavy (non-hydrogen) atoms. The third-order valence-electron chi connectivity index (χ3n) is 4.34. The summed E-state index contributed by atoms with van der Waals surface area (Å²) in [6.07, 6.45) is 0. The second-order valence-corrected chi connectivity index (χ2v) is 7.48. The van der Waals surface area contributed by atoms with Crippen LogP contribution < -0.4 is 14.8 Å². The molecule has 1 N–H and O–H groups in total. The Bertz CT molecular complexity index is 1010. The molecule has 7 heteroatoms. The van der Waals surface area contributed by atoms with Crippen molar-refractivity contribution >= 4 is 22.4 Å². The number of rotatable bonds is 3. The number of hydrogen-bond donors (Lipinski definition) is 1.